The average Bonchev–Trinajstić information content (AvgIpc) is 2.72. The summed E-state index contributed by atoms with van der Waals surface area (Å²) in [4.78, 5) is 15.0. The number of fused-ring (bicyclic) bond motifs is 1. The Balaban J connectivity index is 1.69. The summed E-state index contributed by atoms with van der Waals surface area (Å²) in [7, 11) is 0. The normalized spacial score (nSPS) is 16.3. The summed E-state index contributed by atoms with van der Waals surface area (Å²) >= 11 is 6.08. The van der Waals surface area contributed by atoms with Gasteiger partial charge in [0.25, 0.3) is 0 Å². The van der Waals surface area contributed by atoms with Gasteiger partial charge in [-0.25, -0.2) is 0 Å². The molecule has 0 aliphatic carbocycles. The van der Waals surface area contributed by atoms with Crippen molar-refractivity contribution in [2.24, 2.45) is 0 Å². The second kappa shape index (κ2) is 7.81. The minimum absolute atomic E-state index is 0.0216. The lowest BCUT2D eigenvalue weighted by Crippen LogP contribution is -2.39. The van der Waals surface area contributed by atoms with Gasteiger partial charge in [0.15, 0.2) is 0 Å². The lowest BCUT2D eigenvalue weighted by atomic mass is 9.88. The highest BCUT2D eigenvalue weighted by molar-refractivity contribution is 6.30. The van der Waals surface area contributed by atoms with E-state index >= 15 is 0 Å². The number of amides is 1. The number of carbonyl (C=O) groups is 1. The molecular formula is C24H20ClNO. The zero-order valence-corrected chi connectivity index (χ0v) is 15.6. The molecule has 0 spiro atoms. The molecule has 3 heteroatoms. The zero-order valence-electron chi connectivity index (χ0n) is 14.9. The molecule has 1 amide bonds. The molecule has 1 aliphatic heterocycles. The molecule has 0 bridgehead atoms. The molecule has 0 saturated heterocycles. The zero-order chi connectivity index (χ0) is 18.6. The molecule has 3 aromatic carbocycles. The molecule has 0 saturated carbocycles. The molecule has 0 fully saturated rings. The number of rotatable bonds is 3. The van der Waals surface area contributed by atoms with E-state index in [9.17, 15) is 4.79 Å². The Kier molecular flexibility index (Phi) is 5.08. The smallest absolute Gasteiger partial charge is 0.247 e. The van der Waals surface area contributed by atoms with Crippen LogP contribution < -0.4 is 0 Å². The third kappa shape index (κ3) is 3.81. The summed E-state index contributed by atoms with van der Waals surface area (Å²) in [6.07, 6.45) is 4.42. The summed E-state index contributed by atoms with van der Waals surface area (Å²) in [5.41, 5.74) is 4.58. The van der Waals surface area contributed by atoms with Gasteiger partial charge in [-0.2, -0.15) is 0 Å². The van der Waals surface area contributed by atoms with E-state index in [1.165, 1.54) is 11.1 Å². The quantitative estimate of drug-likeness (QED) is 0.553. The Morgan fingerprint density at radius 1 is 0.926 bits per heavy atom. The number of benzene rings is 3. The third-order valence-electron chi connectivity index (χ3n) is 4.97. The van der Waals surface area contributed by atoms with E-state index in [0.717, 1.165) is 17.5 Å². The van der Waals surface area contributed by atoms with Gasteiger partial charge in [0, 0.05) is 17.6 Å². The fourth-order valence-corrected chi connectivity index (χ4v) is 3.76. The standard InChI is InChI=1S/C24H20ClNO/c25-21-13-11-20(12-14-21)24-22-9-5-4-8-19(22)16-17-26(24)23(27)15-10-18-6-2-1-3-7-18/h1-15,24H,16-17H2/b15-10+. The van der Waals surface area contributed by atoms with E-state index < -0.39 is 0 Å². The molecule has 27 heavy (non-hydrogen) atoms. The van der Waals surface area contributed by atoms with Crippen LogP contribution in [0.4, 0.5) is 0 Å². The fraction of sp³-hybridized carbons (Fsp3) is 0.125. The molecule has 134 valence electrons. The number of carbonyl (C=O) groups excluding carboxylic acids is 1. The average molecular weight is 374 g/mol. The van der Waals surface area contributed by atoms with Crippen molar-refractivity contribution in [3.05, 3.63) is 112 Å². The molecule has 0 N–H and O–H groups in total. The molecule has 1 aliphatic rings. The van der Waals surface area contributed by atoms with Crippen LogP contribution in [0.3, 0.4) is 0 Å². The minimum Gasteiger partial charge on any atom is -0.328 e. The molecular weight excluding hydrogens is 354 g/mol. The predicted molar refractivity (Wildman–Crippen MR) is 111 cm³/mol. The molecule has 2 nitrogen and oxygen atoms in total. The van der Waals surface area contributed by atoms with E-state index in [4.69, 9.17) is 11.6 Å². The van der Waals surface area contributed by atoms with Crippen LogP contribution in [0.2, 0.25) is 5.02 Å². The van der Waals surface area contributed by atoms with Crippen molar-refractivity contribution < 1.29 is 4.79 Å². The van der Waals surface area contributed by atoms with Gasteiger partial charge < -0.3 is 4.90 Å². The first kappa shape index (κ1) is 17.6. The van der Waals surface area contributed by atoms with Crippen LogP contribution in [0.25, 0.3) is 6.08 Å². The van der Waals surface area contributed by atoms with Crippen LogP contribution in [0.1, 0.15) is 28.3 Å². The molecule has 3 aromatic rings. The van der Waals surface area contributed by atoms with Crippen molar-refractivity contribution in [1.82, 2.24) is 4.90 Å². The van der Waals surface area contributed by atoms with Gasteiger partial charge in [0.1, 0.15) is 0 Å². The lowest BCUT2D eigenvalue weighted by molar-refractivity contribution is -0.127. The topological polar surface area (TPSA) is 20.3 Å². The summed E-state index contributed by atoms with van der Waals surface area (Å²) in [5, 5.41) is 0.699. The van der Waals surface area contributed by atoms with E-state index in [2.05, 4.69) is 18.2 Å². The Bertz CT molecular complexity index is 963. The van der Waals surface area contributed by atoms with E-state index in [0.29, 0.717) is 11.6 Å². The van der Waals surface area contributed by atoms with Crippen LogP contribution in [0.5, 0.6) is 0 Å². The van der Waals surface area contributed by atoms with E-state index in [-0.39, 0.29) is 11.9 Å². The first-order chi connectivity index (χ1) is 13.2. The Morgan fingerprint density at radius 2 is 1.63 bits per heavy atom. The van der Waals surface area contributed by atoms with E-state index in [1.807, 2.05) is 71.6 Å². The van der Waals surface area contributed by atoms with Crippen molar-refractivity contribution in [2.45, 2.75) is 12.5 Å². The predicted octanol–water partition coefficient (Wildman–Crippen LogP) is 5.53. The molecule has 1 atom stereocenters. The Labute approximate surface area is 164 Å². The van der Waals surface area contributed by atoms with Gasteiger partial charge in [0.2, 0.25) is 5.91 Å². The van der Waals surface area contributed by atoms with Crippen LogP contribution in [0.15, 0.2) is 84.9 Å². The highest BCUT2D eigenvalue weighted by atomic mass is 35.5. The second-order valence-electron chi connectivity index (χ2n) is 6.68. The second-order valence-corrected chi connectivity index (χ2v) is 7.11. The SMILES string of the molecule is O=C(/C=C/c1ccccc1)N1CCc2ccccc2C1c1ccc(Cl)cc1. The lowest BCUT2D eigenvalue weighted by Gasteiger charge is -2.37. The maximum Gasteiger partial charge on any atom is 0.247 e. The maximum absolute atomic E-state index is 13.0. The van der Waals surface area contributed by atoms with Crippen LogP contribution >= 0.6 is 11.6 Å². The van der Waals surface area contributed by atoms with Gasteiger partial charge in [-0.3, -0.25) is 4.79 Å². The first-order valence-corrected chi connectivity index (χ1v) is 9.47. The number of nitrogens with zero attached hydrogens (tertiary/aromatic N) is 1. The summed E-state index contributed by atoms with van der Waals surface area (Å²) in [5.74, 6) is 0.0216. The van der Waals surface area contributed by atoms with Crippen molar-refractivity contribution in [1.29, 1.82) is 0 Å². The fourth-order valence-electron chi connectivity index (χ4n) is 3.64. The minimum atomic E-state index is -0.0971. The van der Waals surface area contributed by atoms with Gasteiger partial charge in [0.05, 0.1) is 6.04 Å². The first-order valence-electron chi connectivity index (χ1n) is 9.09. The van der Waals surface area contributed by atoms with Crippen LogP contribution in [-0.4, -0.2) is 17.4 Å². The van der Waals surface area contributed by atoms with Gasteiger partial charge >= 0.3 is 0 Å². The molecule has 4 rings (SSSR count). The number of halogens is 1. The Hall–Kier alpha value is -2.84. The summed E-state index contributed by atoms with van der Waals surface area (Å²) in [6.45, 7) is 0.697. The molecule has 1 unspecified atom stereocenters. The number of hydrogen-bond donors (Lipinski definition) is 0. The number of hydrogen-bond acceptors (Lipinski definition) is 1. The van der Waals surface area contributed by atoms with Crippen LogP contribution in [0, 0.1) is 0 Å². The van der Waals surface area contributed by atoms with Gasteiger partial charge in [-0.15, -0.1) is 0 Å². The van der Waals surface area contributed by atoms with Crippen molar-refractivity contribution in [3.8, 4) is 0 Å². The van der Waals surface area contributed by atoms with Crippen molar-refractivity contribution >= 4 is 23.6 Å². The monoisotopic (exact) mass is 373 g/mol. The highest BCUT2D eigenvalue weighted by Gasteiger charge is 2.30. The largest absolute Gasteiger partial charge is 0.328 e. The Morgan fingerprint density at radius 3 is 2.41 bits per heavy atom. The summed E-state index contributed by atoms with van der Waals surface area (Å²) in [6, 6.07) is 26.0. The van der Waals surface area contributed by atoms with Crippen molar-refractivity contribution in [3.63, 3.8) is 0 Å². The maximum atomic E-state index is 13.0. The third-order valence-corrected chi connectivity index (χ3v) is 5.22. The van der Waals surface area contributed by atoms with Gasteiger partial charge in [-0.05, 0) is 46.9 Å². The van der Waals surface area contributed by atoms with Crippen molar-refractivity contribution in [2.75, 3.05) is 6.54 Å². The molecule has 1 heterocycles. The van der Waals surface area contributed by atoms with Gasteiger partial charge in [-0.1, -0.05) is 78.3 Å². The summed E-state index contributed by atoms with van der Waals surface area (Å²) < 4.78 is 0. The highest BCUT2D eigenvalue weighted by Crippen LogP contribution is 2.35. The molecule has 0 radical (unpaired) electrons. The molecule has 0 aromatic heterocycles. The van der Waals surface area contributed by atoms with Crippen LogP contribution in [-0.2, 0) is 11.2 Å². The van der Waals surface area contributed by atoms with E-state index in [1.54, 1.807) is 6.08 Å².